The lowest BCUT2D eigenvalue weighted by Gasteiger charge is -2.31. The van der Waals surface area contributed by atoms with Gasteiger partial charge in [0.2, 0.25) is 5.76 Å². The highest BCUT2D eigenvalue weighted by molar-refractivity contribution is 5.94. The summed E-state index contributed by atoms with van der Waals surface area (Å²) in [5.41, 5.74) is 3.17. The Labute approximate surface area is 186 Å². The Morgan fingerprint density at radius 1 is 1.12 bits per heavy atom. The number of benzene rings is 2. The first-order chi connectivity index (χ1) is 15.5. The highest BCUT2D eigenvalue weighted by Crippen LogP contribution is 2.28. The normalized spacial score (nSPS) is 14.4. The van der Waals surface area contributed by atoms with Gasteiger partial charge in [0.05, 0.1) is 11.3 Å². The average Bonchev–Trinajstić information content (AvgIpc) is 3.30. The van der Waals surface area contributed by atoms with Crippen LogP contribution in [0, 0.1) is 12.7 Å². The maximum Gasteiger partial charge on any atom is 0.289 e. The monoisotopic (exact) mass is 435 g/mol. The molecule has 32 heavy (non-hydrogen) atoms. The van der Waals surface area contributed by atoms with Crippen molar-refractivity contribution in [2.75, 3.05) is 19.6 Å². The van der Waals surface area contributed by atoms with Gasteiger partial charge in [0, 0.05) is 31.6 Å². The summed E-state index contributed by atoms with van der Waals surface area (Å²) in [4.78, 5) is 26.6. The second-order valence-corrected chi connectivity index (χ2v) is 8.16. The molecule has 4 rings (SSSR count). The van der Waals surface area contributed by atoms with Gasteiger partial charge in [-0.3, -0.25) is 9.59 Å². The van der Waals surface area contributed by atoms with Crippen LogP contribution in [0.3, 0.4) is 0 Å². The molecule has 2 amide bonds. The quantitative estimate of drug-likeness (QED) is 0.632. The molecule has 0 aliphatic carbocycles. The molecule has 0 saturated carbocycles. The van der Waals surface area contributed by atoms with E-state index in [1.165, 1.54) is 23.3 Å². The fourth-order valence-electron chi connectivity index (χ4n) is 4.05. The van der Waals surface area contributed by atoms with Crippen LogP contribution in [0.4, 0.5) is 4.39 Å². The number of nitrogens with zero attached hydrogens (tertiary/aromatic N) is 2. The third-order valence-electron chi connectivity index (χ3n) is 5.84. The minimum absolute atomic E-state index is 0.0945. The largest absolute Gasteiger partial charge is 0.351 e. The Bertz CT molecular complexity index is 1100. The van der Waals surface area contributed by atoms with Crippen molar-refractivity contribution in [2.45, 2.75) is 32.1 Å². The van der Waals surface area contributed by atoms with E-state index in [1.54, 1.807) is 23.1 Å². The van der Waals surface area contributed by atoms with Crippen LogP contribution in [-0.4, -0.2) is 41.5 Å². The van der Waals surface area contributed by atoms with Crippen molar-refractivity contribution in [3.63, 3.8) is 0 Å². The summed E-state index contributed by atoms with van der Waals surface area (Å²) >= 11 is 0. The Hall–Kier alpha value is -3.48. The summed E-state index contributed by atoms with van der Waals surface area (Å²) in [7, 11) is 0. The predicted molar refractivity (Wildman–Crippen MR) is 118 cm³/mol. The molecule has 1 fully saturated rings. The fourth-order valence-corrected chi connectivity index (χ4v) is 4.05. The Morgan fingerprint density at radius 2 is 1.91 bits per heavy atom. The van der Waals surface area contributed by atoms with Crippen molar-refractivity contribution >= 4 is 11.8 Å². The topological polar surface area (TPSA) is 75.4 Å². The van der Waals surface area contributed by atoms with Gasteiger partial charge in [0.15, 0.2) is 0 Å². The molecule has 0 spiro atoms. The van der Waals surface area contributed by atoms with Crippen LogP contribution in [-0.2, 0) is 6.42 Å². The number of carbonyl (C=O) groups is 2. The summed E-state index contributed by atoms with van der Waals surface area (Å²) < 4.78 is 19.2. The van der Waals surface area contributed by atoms with E-state index in [1.807, 2.05) is 25.1 Å². The van der Waals surface area contributed by atoms with E-state index in [4.69, 9.17) is 4.52 Å². The van der Waals surface area contributed by atoms with Gasteiger partial charge >= 0.3 is 0 Å². The third kappa shape index (κ3) is 5.04. The van der Waals surface area contributed by atoms with E-state index in [0.29, 0.717) is 38.2 Å². The van der Waals surface area contributed by atoms with E-state index in [-0.39, 0.29) is 29.1 Å². The van der Waals surface area contributed by atoms with Crippen molar-refractivity contribution in [2.24, 2.45) is 0 Å². The smallest absolute Gasteiger partial charge is 0.289 e. The van der Waals surface area contributed by atoms with E-state index in [2.05, 4.69) is 16.5 Å². The van der Waals surface area contributed by atoms with Gasteiger partial charge < -0.3 is 14.7 Å². The molecule has 1 N–H and O–H groups in total. The van der Waals surface area contributed by atoms with Crippen molar-refractivity contribution in [1.29, 1.82) is 0 Å². The Balaban J connectivity index is 1.28. The first kappa shape index (κ1) is 21.7. The molecule has 3 aromatic rings. The van der Waals surface area contributed by atoms with Gasteiger partial charge in [-0.25, -0.2) is 4.39 Å². The summed E-state index contributed by atoms with van der Waals surface area (Å²) in [6.45, 7) is 3.55. The number of halogens is 1. The zero-order valence-electron chi connectivity index (χ0n) is 18.0. The van der Waals surface area contributed by atoms with Crippen LogP contribution in [0.15, 0.2) is 59.1 Å². The number of aryl methyl sites for hydroxylation is 1. The minimum atomic E-state index is -0.505. The number of hydrogen-bond acceptors (Lipinski definition) is 4. The number of piperidine rings is 1. The highest BCUT2D eigenvalue weighted by atomic mass is 19.1. The van der Waals surface area contributed by atoms with Crippen molar-refractivity contribution in [3.05, 3.63) is 88.6 Å². The van der Waals surface area contributed by atoms with Gasteiger partial charge in [0.1, 0.15) is 5.82 Å². The van der Waals surface area contributed by atoms with Crippen LogP contribution < -0.4 is 5.32 Å². The van der Waals surface area contributed by atoms with Crippen LogP contribution in [0.25, 0.3) is 0 Å². The van der Waals surface area contributed by atoms with Crippen molar-refractivity contribution in [3.8, 4) is 0 Å². The standard InChI is InChI=1S/C25H26FN3O3/c1-17-5-4-6-18(15-17)9-12-27-24(30)23-16-22(28-32-23)19-10-13-29(14-11-19)25(31)20-7-2-3-8-21(20)26/h2-8,15-16,19H,9-14H2,1H3,(H,27,30). The molecular weight excluding hydrogens is 409 g/mol. The predicted octanol–water partition coefficient (Wildman–Crippen LogP) is 4.11. The molecule has 1 aromatic heterocycles. The number of carbonyl (C=O) groups excluding carboxylic acids is 2. The van der Waals surface area contributed by atoms with E-state index < -0.39 is 5.82 Å². The summed E-state index contributed by atoms with van der Waals surface area (Å²) in [5, 5.41) is 6.95. The number of rotatable bonds is 6. The van der Waals surface area contributed by atoms with Gasteiger partial charge in [0.25, 0.3) is 11.8 Å². The third-order valence-corrected chi connectivity index (χ3v) is 5.84. The summed E-state index contributed by atoms with van der Waals surface area (Å²) in [6.07, 6.45) is 2.10. The average molecular weight is 435 g/mol. The van der Waals surface area contributed by atoms with Gasteiger partial charge in [-0.1, -0.05) is 47.1 Å². The zero-order chi connectivity index (χ0) is 22.5. The first-order valence-electron chi connectivity index (χ1n) is 10.9. The Kier molecular flexibility index (Phi) is 6.63. The zero-order valence-corrected chi connectivity index (χ0v) is 18.0. The van der Waals surface area contributed by atoms with Gasteiger partial charge in [-0.15, -0.1) is 0 Å². The summed E-state index contributed by atoms with van der Waals surface area (Å²) in [5.74, 6) is -0.806. The van der Waals surface area contributed by atoms with E-state index >= 15 is 0 Å². The SMILES string of the molecule is Cc1cccc(CCNC(=O)c2cc(C3CCN(C(=O)c4ccccc4F)CC3)no2)c1. The number of hydrogen-bond donors (Lipinski definition) is 1. The first-order valence-corrected chi connectivity index (χ1v) is 10.9. The molecule has 2 aromatic carbocycles. The lowest BCUT2D eigenvalue weighted by Crippen LogP contribution is -2.38. The molecular formula is C25H26FN3O3. The lowest BCUT2D eigenvalue weighted by atomic mass is 9.93. The maximum absolute atomic E-state index is 13.9. The fraction of sp³-hybridized carbons (Fsp3) is 0.320. The van der Waals surface area contributed by atoms with Crippen LogP contribution in [0.5, 0.6) is 0 Å². The van der Waals surface area contributed by atoms with Crippen LogP contribution >= 0.6 is 0 Å². The number of likely N-dealkylation sites (tertiary alicyclic amines) is 1. The molecule has 6 nitrogen and oxygen atoms in total. The van der Waals surface area contributed by atoms with Crippen LogP contribution in [0.2, 0.25) is 0 Å². The van der Waals surface area contributed by atoms with Crippen molar-refractivity contribution in [1.82, 2.24) is 15.4 Å². The minimum Gasteiger partial charge on any atom is -0.351 e. The molecule has 7 heteroatoms. The molecule has 0 bridgehead atoms. The van der Waals surface area contributed by atoms with Crippen molar-refractivity contribution < 1.29 is 18.5 Å². The van der Waals surface area contributed by atoms with Gasteiger partial charge in [-0.2, -0.15) is 0 Å². The molecule has 166 valence electrons. The van der Waals surface area contributed by atoms with E-state index in [0.717, 1.165) is 6.42 Å². The van der Waals surface area contributed by atoms with Crippen LogP contribution in [0.1, 0.15) is 56.5 Å². The number of aromatic nitrogens is 1. The van der Waals surface area contributed by atoms with E-state index in [9.17, 15) is 14.0 Å². The number of amides is 2. The second kappa shape index (κ2) is 9.77. The maximum atomic E-state index is 13.9. The molecule has 2 heterocycles. The summed E-state index contributed by atoms with van der Waals surface area (Å²) in [6, 6.07) is 15.9. The Morgan fingerprint density at radius 3 is 2.66 bits per heavy atom. The second-order valence-electron chi connectivity index (χ2n) is 8.16. The highest BCUT2D eigenvalue weighted by Gasteiger charge is 2.28. The molecule has 0 radical (unpaired) electrons. The van der Waals surface area contributed by atoms with Gasteiger partial charge in [-0.05, 0) is 43.9 Å². The molecule has 1 aliphatic heterocycles. The molecule has 1 saturated heterocycles. The molecule has 0 unspecified atom stereocenters. The molecule has 0 atom stereocenters. The molecule has 1 aliphatic rings. The lowest BCUT2D eigenvalue weighted by molar-refractivity contribution is 0.0706. The number of nitrogens with one attached hydrogen (secondary N) is 1.